The van der Waals surface area contributed by atoms with Crippen LogP contribution in [0.2, 0.25) is 0 Å². The van der Waals surface area contributed by atoms with Gasteiger partial charge in [0.25, 0.3) is 11.5 Å². The Morgan fingerprint density at radius 2 is 2.23 bits per heavy atom. The molecule has 1 amide bonds. The summed E-state index contributed by atoms with van der Waals surface area (Å²) in [5, 5.41) is 10.4. The van der Waals surface area contributed by atoms with Crippen LogP contribution >= 0.6 is 0 Å². The molecule has 0 radical (unpaired) electrons. The van der Waals surface area contributed by atoms with Crippen molar-refractivity contribution in [3.63, 3.8) is 0 Å². The molecule has 4 heterocycles. The van der Waals surface area contributed by atoms with E-state index in [0.717, 1.165) is 30.9 Å². The van der Waals surface area contributed by atoms with Gasteiger partial charge in [0.15, 0.2) is 0 Å². The molecule has 2 aliphatic rings. The summed E-state index contributed by atoms with van der Waals surface area (Å²) in [4.78, 5) is 30.0. The van der Waals surface area contributed by atoms with E-state index in [-0.39, 0.29) is 17.2 Å². The minimum Gasteiger partial charge on any atom is -0.376 e. The van der Waals surface area contributed by atoms with Gasteiger partial charge in [-0.2, -0.15) is 5.10 Å². The van der Waals surface area contributed by atoms with Crippen molar-refractivity contribution in [3.8, 4) is 0 Å². The third-order valence-corrected chi connectivity index (χ3v) is 5.58. The van der Waals surface area contributed by atoms with Crippen LogP contribution in [-0.2, 0) is 29.0 Å². The Balaban J connectivity index is 1.37. The molecule has 1 saturated heterocycles. The summed E-state index contributed by atoms with van der Waals surface area (Å²) in [6.07, 6.45) is 0.732. The number of carbonyl (C=O) groups excluding carboxylic acids is 1. The van der Waals surface area contributed by atoms with Gasteiger partial charge in [-0.1, -0.05) is 13.8 Å². The third kappa shape index (κ3) is 4.63. The zero-order chi connectivity index (χ0) is 21.1. The Morgan fingerprint density at radius 3 is 2.97 bits per heavy atom. The topological polar surface area (TPSA) is 112 Å². The van der Waals surface area contributed by atoms with Gasteiger partial charge in [0, 0.05) is 49.6 Å². The van der Waals surface area contributed by atoms with Gasteiger partial charge in [0.1, 0.15) is 5.56 Å². The van der Waals surface area contributed by atoms with Crippen LogP contribution in [0.5, 0.6) is 0 Å². The molecule has 1 atom stereocenters. The van der Waals surface area contributed by atoms with E-state index in [1.165, 1.54) is 11.3 Å². The van der Waals surface area contributed by atoms with Gasteiger partial charge in [0.05, 0.1) is 31.6 Å². The molecule has 0 bridgehead atoms. The van der Waals surface area contributed by atoms with Gasteiger partial charge in [-0.05, 0) is 18.1 Å². The molecule has 2 aliphatic heterocycles. The molecule has 2 aromatic rings. The lowest BCUT2D eigenvalue weighted by atomic mass is 9.99. The largest absolute Gasteiger partial charge is 0.376 e. The first-order valence-corrected chi connectivity index (χ1v) is 10.5. The molecular formula is C21H29N5O4. The summed E-state index contributed by atoms with van der Waals surface area (Å²) in [5.41, 5.74) is 4.11. The number of ether oxygens (including phenoxy) is 2. The SMILES string of the molecule is CC(C)c1n[nH]c2c1CN(Cc1ccc(C(=O)NC[C@@H]3COCCO3)c(=O)[nH]1)CC2. The van der Waals surface area contributed by atoms with Crippen molar-refractivity contribution in [1.82, 2.24) is 25.4 Å². The monoisotopic (exact) mass is 415 g/mol. The molecule has 4 rings (SSSR count). The van der Waals surface area contributed by atoms with Crippen LogP contribution in [0, 0.1) is 0 Å². The molecule has 0 aliphatic carbocycles. The maximum Gasteiger partial charge on any atom is 0.261 e. The highest BCUT2D eigenvalue weighted by atomic mass is 16.6. The first kappa shape index (κ1) is 20.8. The van der Waals surface area contributed by atoms with Crippen LogP contribution in [0.25, 0.3) is 0 Å². The molecule has 2 aromatic heterocycles. The van der Waals surface area contributed by atoms with Crippen LogP contribution in [-0.4, -0.2) is 65.0 Å². The van der Waals surface area contributed by atoms with Crippen LogP contribution in [0.3, 0.4) is 0 Å². The second kappa shape index (κ2) is 9.11. The Kier molecular flexibility index (Phi) is 6.31. The molecule has 9 heteroatoms. The number of nitrogens with zero attached hydrogens (tertiary/aromatic N) is 2. The smallest absolute Gasteiger partial charge is 0.261 e. The normalized spacial score (nSPS) is 19.6. The van der Waals surface area contributed by atoms with Crippen molar-refractivity contribution >= 4 is 5.91 Å². The van der Waals surface area contributed by atoms with Gasteiger partial charge in [0.2, 0.25) is 0 Å². The van der Waals surface area contributed by atoms with E-state index < -0.39 is 5.91 Å². The minimum atomic E-state index is -0.403. The fourth-order valence-electron chi connectivity index (χ4n) is 3.97. The van der Waals surface area contributed by atoms with Crippen molar-refractivity contribution < 1.29 is 14.3 Å². The maximum atomic E-state index is 12.5. The molecule has 0 saturated carbocycles. The number of H-pyrrole nitrogens is 2. The molecular weight excluding hydrogens is 386 g/mol. The zero-order valence-corrected chi connectivity index (χ0v) is 17.5. The third-order valence-electron chi connectivity index (χ3n) is 5.58. The molecule has 0 unspecified atom stereocenters. The van der Waals surface area contributed by atoms with E-state index in [0.29, 0.717) is 38.8 Å². The summed E-state index contributed by atoms with van der Waals surface area (Å²) >= 11 is 0. The average Bonchev–Trinajstić information content (AvgIpc) is 3.16. The fourth-order valence-corrected chi connectivity index (χ4v) is 3.97. The average molecular weight is 415 g/mol. The van der Waals surface area contributed by atoms with Crippen LogP contribution in [0.1, 0.15) is 52.8 Å². The van der Waals surface area contributed by atoms with E-state index >= 15 is 0 Å². The number of amides is 1. The molecule has 9 nitrogen and oxygen atoms in total. The number of pyridine rings is 1. The van der Waals surface area contributed by atoms with E-state index in [1.807, 2.05) is 6.07 Å². The standard InChI is InChI=1S/C21H29N5O4/c1-13(2)19-17-11-26(6-5-18(17)24-25-19)10-14-3-4-16(21(28)23-14)20(27)22-9-15-12-29-7-8-30-15/h3-4,13,15H,5-12H2,1-2H3,(H,22,27)(H,23,28)(H,24,25)/t15-/m1/s1. The quantitative estimate of drug-likeness (QED) is 0.647. The predicted octanol–water partition coefficient (Wildman–Crippen LogP) is 0.925. The second-order valence-corrected chi connectivity index (χ2v) is 8.19. The van der Waals surface area contributed by atoms with Gasteiger partial charge >= 0.3 is 0 Å². The van der Waals surface area contributed by atoms with Crippen LogP contribution < -0.4 is 10.9 Å². The minimum absolute atomic E-state index is 0.105. The highest BCUT2D eigenvalue weighted by molar-refractivity contribution is 5.93. The summed E-state index contributed by atoms with van der Waals surface area (Å²) in [6.45, 7) is 8.45. The number of hydrogen-bond acceptors (Lipinski definition) is 6. The van der Waals surface area contributed by atoms with Crippen LogP contribution in [0.15, 0.2) is 16.9 Å². The summed E-state index contributed by atoms with van der Waals surface area (Å²) in [6, 6.07) is 3.40. The van der Waals surface area contributed by atoms with Crippen molar-refractivity contribution in [2.45, 2.75) is 45.4 Å². The van der Waals surface area contributed by atoms with E-state index in [1.54, 1.807) is 6.07 Å². The highest BCUT2D eigenvalue weighted by Crippen LogP contribution is 2.26. The van der Waals surface area contributed by atoms with Gasteiger partial charge < -0.3 is 19.8 Å². The molecule has 162 valence electrons. The molecule has 30 heavy (non-hydrogen) atoms. The van der Waals surface area contributed by atoms with Gasteiger partial charge in [-0.25, -0.2) is 0 Å². The summed E-state index contributed by atoms with van der Waals surface area (Å²) in [5.74, 6) is -0.0346. The van der Waals surface area contributed by atoms with Crippen molar-refractivity contribution in [1.29, 1.82) is 0 Å². The lowest BCUT2D eigenvalue weighted by Gasteiger charge is -2.27. The van der Waals surface area contributed by atoms with Gasteiger partial charge in [-0.15, -0.1) is 0 Å². The Hall–Kier alpha value is -2.49. The highest BCUT2D eigenvalue weighted by Gasteiger charge is 2.24. The van der Waals surface area contributed by atoms with E-state index in [4.69, 9.17) is 9.47 Å². The first-order valence-electron chi connectivity index (χ1n) is 10.5. The number of fused-ring (bicyclic) bond motifs is 1. The number of hydrogen-bond donors (Lipinski definition) is 3. The number of aromatic nitrogens is 3. The Morgan fingerprint density at radius 1 is 1.37 bits per heavy atom. The molecule has 3 N–H and O–H groups in total. The first-order chi connectivity index (χ1) is 14.5. The second-order valence-electron chi connectivity index (χ2n) is 8.19. The van der Waals surface area contributed by atoms with E-state index in [2.05, 4.69) is 39.2 Å². The lowest BCUT2D eigenvalue weighted by molar-refractivity contribution is -0.0855. The number of rotatable bonds is 6. The summed E-state index contributed by atoms with van der Waals surface area (Å²) in [7, 11) is 0. The zero-order valence-electron chi connectivity index (χ0n) is 17.5. The molecule has 1 fully saturated rings. The molecule has 0 spiro atoms. The Bertz CT molecular complexity index is 945. The number of aromatic amines is 2. The maximum absolute atomic E-state index is 12.5. The molecule has 0 aromatic carbocycles. The number of nitrogens with one attached hydrogen (secondary N) is 3. The fraction of sp³-hybridized carbons (Fsp3) is 0.571. The van der Waals surface area contributed by atoms with Crippen molar-refractivity contribution in [3.05, 3.63) is 50.7 Å². The van der Waals surface area contributed by atoms with Crippen molar-refractivity contribution in [2.24, 2.45) is 0 Å². The number of carbonyl (C=O) groups is 1. The van der Waals surface area contributed by atoms with Gasteiger partial charge in [-0.3, -0.25) is 19.6 Å². The van der Waals surface area contributed by atoms with E-state index in [9.17, 15) is 9.59 Å². The van der Waals surface area contributed by atoms with Crippen molar-refractivity contribution in [2.75, 3.05) is 32.9 Å². The van der Waals surface area contributed by atoms with Crippen LogP contribution in [0.4, 0.5) is 0 Å². The predicted molar refractivity (Wildman–Crippen MR) is 110 cm³/mol. The summed E-state index contributed by atoms with van der Waals surface area (Å²) < 4.78 is 10.8. The Labute approximate surface area is 175 Å². The lowest BCUT2D eigenvalue weighted by Crippen LogP contribution is -2.41.